The van der Waals surface area contributed by atoms with E-state index in [0.29, 0.717) is 34.1 Å². The van der Waals surface area contributed by atoms with Crippen molar-refractivity contribution in [3.8, 4) is 39.8 Å². The Hall–Kier alpha value is -4.79. The minimum atomic E-state index is -0.378. The van der Waals surface area contributed by atoms with E-state index in [2.05, 4.69) is 15.5 Å². The molecule has 5 rings (SSSR count). The molecule has 8 nitrogen and oxygen atoms in total. The fourth-order valence-corrected chi connectivity index (χ4v) is 4.07. The number of ether oxygens (including phenoxy) is 1. The number of nitrogens with one attached hydrogen (secondary N) is 1. The third-order valence-corrected chi connectivity index (χ3v) is 6.12. The summed E-state index contributed by atoms with van der Waals surface area (Å²) in [6, 6.07) is 18.9. The molecule has 0 aliphatic carbocycles. The molecular formula is C28H24FN5O3. The highest BCUT2D eigenvalue weighted by molar-refractivity contribution is 5.97. The maximum Gasteiger partial charge on any atom is 0.243 e. The number of hydrogen-bond donors (Lipinski definition) is 1. The monoisotopic (exact) mass is 497 g/mol. The van der Waals surface area contributed by atoms with Gasteiger partial charge in [0.1, 0.15) is 22.8 Å². The van der Waals surface area contributed by atoms with Crippen molar-refractivity contribution in [3.63, 3.8) is 0 Å². The number of methoxy groups -OCH3 is 1. The van der Waals surface area contributed by atoms with E-state index in [1.807, 2.05) is 54.9 Å². The van der Waals surface area contributed by atoms with Crippen LogP contribution in [0.1, 0.15) is 11.3 Å². The Morgan fingerprint density at radius 1 is 1.08 bits per heavy atom. The first-order valence-corrected chi connectivity index (χ1v) is 11.6. The molecule has 1 N–H and O–H groups in total. The van der Waals surface area contributed by atoms with Crippen molar-refractivity contribution in [2.75, 3.05) is 12.4 Å². The first kappa shape index (κ1) is 23.9. The molecule has 2 aromatic carbocycles. The van der Waals surface area contributed by atoms with Crippen molar-refractivity contribution >= 4 is 11.8 Å². The molecule has 0 atom stereocenters. The molecule has 1 amide bonds. The van der Waals surface area contributed by atoms with Gasteiger partial charge in [0.05, 0.1) is 24.9 Å². The molecule has 9 heteroatoms. The Morgan fingerprint density at radius 3 is 2.59 bits per heavy atom. The SMILES string of the molecule is COc1ccccc1CC(=O)Nc1onc(-c2ccc(F)cc2)c1-c1nccc(-c2ccc(C)n2C)n1. The highest BCUT2D eigenvalue weighted by Gasteiger charge is 2.24. The molecule has 0 unspecified atom stereocenters. The van der Waals surface area contributed by atoms with Crippen molar-refractivity contribution in [3.05, 3.63) is 90.0 Å². The fourth-order valence-electron chi connectivity index (χ4n) is 4.07. The lowest BCUT2D eigenvalue weighted by molar-refractivity contribution is -0.115. The number of benzene rings is 2. The Bertz CT molecular complexity index is 1570. The number of para-hydroxylation sites is 1. The minimum absolute atomic E-state index is 0.0551. The summed E-state index contributed by atoms with van der Waals surface area (Å²) in [7, 11) is 3.51. The lowest BCUT2D eigenvalue weighted by Crippen LogP contribution is -2.15. The summed E-state index contributed by atoms with van der Waals surface area (Å²) in [6.45, 7) is 2.01. The molecule has 0 aliphatic rings. The number of halogens is 1. The number of carbonyl (C=O) groups is 1. The van der Waals surface area contributed by atoms with Crippen LogP contribution in [-0.2, 0) is 18.3 Å². The molecule has 0 radical (unpaired) electrons. The summed E-state index contributed by atoms with van der Waals surface area (Å²) in [5.41, 5.74) is 4.77. The van der Waals surface area contributed by atoms with Crippen LogP contribution in [0.2, 0.25) is 0 Å². The molecule has 0 saturated carbocycles. The van der Waals surface area contributed by atoms with Crippen molar-refractivity contribution < 1.29 is 18.4 Å². The number of aryl methyl sites for hydroxylation is 1. The van der Waals surface area contributed by atoms with Gasteiger partial charge in [-0.05, 0) is 55.5 Å². The van der Waals surface area contributed by atoms with Gasteiger partial charge in [-0.2, -0.15) is 0 Å². The summed E-state index contributed by atoms with van der Waals surface area (Å²) >= 11 is 0. The van der Waals surface area contributed by atoms with Crippen LogP contribution in [0, 0.1) is 12.7 Å². The van der Waals surface area contributed by atoms with Crippen LogP contribution in [-0.4, -0.2) is 32.7 Å². The highest BCUT2D eigenvalue weighted by atomic mass is 19.1. The number of rotatable bonds is 7. The highest BCUT2D eigenvalue weighted by Crippen LogP contribution is 2.37. The van der Waals surface area contributed by atoms with Gasteiger partial charge in [0.25, 0.3) is 0 Å². The first-order valence-electron chi connectivity index (χ1n) is 11.6. The van der Waals surface area contributed by atoms with E-state index >= 15 is 0 Å². The molecular weight excluding hydrogens is 473 g/mol. The lowest BCUT2D eigenvalue weighted by atomic mass is 10.1. The van der Waals surface area contributed by atoms with Crippen LogP contribution in [0.5, 0.6) is 5.75 Å². The van der Waals surface area contributed by atoms with Crippen molar-refractivity contribution in [2.24, 2.45) is 7.05 Å². The van der Waals surface area contributed by atoms with E-state index in [0.717, 1.165) is 17.0 Å². The summed E-state index contributed by atoms with van der Waals surface area (Å²) in [6.07, 6.45) is 1.70. The van der Waals surface area contributed by atoms with Gasteiger partial charge in [-0.15, -0.1) is 0 Å². The molecule has 3 heterocycles. The van der Waals surface area contributed by atoms with E-state index in [9.17, 15) is 9.18 Å². The molecule has 5 aromatic rings. The Kier molecular flexibility index (Phi) is 6.51. The smallest absolute Gasteiger partial charge is 0.243 e. The van der Waals surface area contributed by atoms with Gasteiger partial charge in [0, 0.05) is 30.1 Å². The van der Waals surface area contributed by atoms with Crippen LogP contribution < -0.4 is 10.1 Å². The zero-order valence-corrected chi connectivity index (χ0v) is 20.5. The van der Waals surface area contributed by atoms with Crippen LogP contribution in [0.25, 0.3) is 34.0 Å². The normalized spacial score (nSPS) is 10.9. The largest absolute Gasteiger partial charge is 0.496 e. The topological polar surface area (TPSA) is 95.1 Å². The van der Waals surface area contributed by atoms with Crippen LogP contribution in [0.15, 0.2) is 77.4 Å². The van der Waals surface area contributed by atoms with Crippen LogP contribution in [0.4, 0.5) is 10.3 Å². The van der Waals surface area contributed by atoms with E-state index in [1.165, 1.54) is 12.1 Å². The van der Waals surface area contributed by atoms with Crippen molar-refractivity contribution in [2.45, 2.75) is 13.3 Å². The molecule has 3 aromatic heterocycles. The molecule has 0 fully saturated rings. The zero-order valence-electron chi connectivity index (χ0n) is 20.5. The summed E-state index contributed by atoms with van der Waals surface area (Å²) in [5, 5.41) is 6.99. The second-order valence-corrected chi connectivity index (χ2v) is 8.46. The molecule has 186 valence electrons. The molecule has 0 spiro atoms. The fraction of sp³-hybridized carbons (Fsp3) is 0.143. The lowest BCUT2D eigenvalue weighted by Gasteiger charge is -2.09. The Morgan fingerprint density at radius 2 is 1.86 bits per heavy atom. The molecule has 0 saturated heterocycles. The summed E-state index contributed by atoms with van der Waals surface area (Å²) < 4.78 is 26.6. The molecule has 0 aliphatic heterocycles. The second-order valence-electron chi connectivity index (χ2n) is 8.46. The predicted octanol–water partition coefficient (Wildman–Crippen LogP) is 5.44. The Labute approximate surface area is 212 Å². The zero-order chi connectivity index (χ0) is 25.9. The average Bonchev–Trinajstić information content (AvgIpc) is 3.47. The number of aromatic nitrogens is 4. The number of anilines is 1. The van der Waals surface area contributed by atoms with Gasteiger partial charge in [0.2, 0.25) is 11.8 Å². The number of amides is 1. The summed E-state index contributed by atoms with van der Waals surface area (Å²) in [4.78, 5) is 22.2. The van der Waals surface area contributed by atoms with E-state index < -0.39 is 0 Å². The van der Waals surface area contributed by atoms with Crippen molar-refractivity contribution in [1.29, 1.82) is 0 Å². The van der Waals surface area contributed by atoms with E-state index in [4.69, 9.17) is 14.2 Å². The third-order valence-electron chi connectivity index (χ3n) is 6.12. The second kappa shape index (κ2) is 10.1. The predicted molar refractivity (Wildman–Crippen MR) is 137 cm³/mol. The van der Waals surface area contributed by atoms with Crippen LogP contribution >= 0.6 is 0 Å². The third kappa shape index (κ3) is 4.84. The van der Waals surface area contributed by atoms with E-state index in [-0.39, 0.29) is 24.0 Å². The number of hydrogen-bond acceptors (Lipinski definition) is 6. The quantitative estimate of drug-likeness (QED) is 0.322. The van der Waals surface area contributed by atoms with Crippen LogP contribution in [0.3, 0.4) is 0 Å². The molecule has 0 bridgehead atoms. The number of carbonyl (C=O) groups excluding carboxylic acids is 1. The van der Waals surface area contributed by atoms with Crippen molar-refractivity contribution in [1.82, 2.24) is 19.7 Å². The maximum atomic E-state index is 13.6. The maximum absolute atomic E-state index is 13.6. The standard InChI is InChI=1S/C28H24FN5O3/c1-17-8-13-22(34(17)2)21-14-15-30-27(31-21)25-26(18-9-11-20(29)12-10-18)33-37-28(25)32-24(35)16-19-6-4-5-7-23(19)36-3/h4-15H,16H2,1-3H3,(H,32,35). The van der Waals surface area contributed by atoms with Gasteiger partial charge in [0.15, 0.2) is 5.82 Å². The first-order chi connectivity index (χ1) is 17.9. The summed E-state index contributed by atoms with van der Waals surface area (Å²) in [5.74, 6) is 0.304. The van der Waals surface area contributed by atoms with Gasteiger partial charge in [-0.1, -0.05) is 23.4 Å². The average molecular weight is 498 g/mol. The van der Waals surface area contributed by atoms with Gasteiger partial charge >= 0.3 is 0 Å². The van der Waals surface area contributed by atoms with Gasteiger partial charge < -0.3 is 13.8 Å². The van der Waals surface area contributed by atoms with Gasteiger partial charge in [-0.25, -0.2) is 14.4 Å². The Balaban J connectivity index is 1.56. The number of nitrogens with zero attached hydrogens (tertiary/aromatic N) is 4. The van der Waals surface area contributed by atoms with E-state index in [1.54, 1.807) is 31.5 Å². The minimum Gasteiger partial charge on any atom is -0.496 e. The van der Waals surface area contributed by atoms with Gasteiger partial charge in [-0.3, -0.25) is 10.1 Å². The molecule has 37 heavy (non-hydrogen) atoms.